The van der Waals surface area contributed by atoms with Gasteiger partial charge in [-0.2, -0.15) is 0 Å². The second-order valence-corrected chi connectivity index (χ2v) is 4.93. The Bertz CT molecular complexity index is 682. The summed E-state index contributed by atoms with van der Waals surface area (Å²) in [6, 6.07) is 10.9. The van der Waals surface area contributed by atoms with Gasteiger partial charge in [0, 0.05) is 0 Å². The fraction of sp³-hybridized carbons (Fsp3) is 0.176. The zero-order valence-corrected chi connectivity index (χ0v) is 12.3. The van der Waals surface area contributed by atoms with E-state index in [0.717, 1.165) is 22.3 Å². The molecule has 4 nitrogen and oxygen atoms in total. The Balaban J connectivity index is 2.32. The first-order chi connectivity index (χ1) is 10.0. The third-order valence-corrected chi connectivity index (χ3v) is 3.25. The number of rotatable bonds is 3. The van der Waals surface area contributed by atoms with E-state index < -0.39 is 0 Å². The number of carbonyl (C=O) groups is 1. The van der Waals surface area contributed by atoms with Crippen molar-refractivity contribution in [3.05, 3.63) is 64.2 Å². The van der Waals surface area contributed by atoms with Crippen LogP contribution in [-0.4, -0.2) is 17.4 Å². The maximum Gasteiger partial charge on any atom is 0.343 e. The molecule has 0 radical (unpaired) electrons. The molecule has 0 amide bonds. The van der Waals surface area contributed by atoms with Crippen LogP contribution in [0.2, 0.25) is 0 Å². The van der Waals surface area contributed by atoms with Crippen molar-refractivity contribution in [3.63, 3.8) is 0 Å². The van der Waals surface area contributed by atoms with Crippen molar-refractivity contribution < 1.29 is 14.7 Å². The highest BCUT2D eigenvalue weighted by Gasteiger charge is 2.14. The van der Waals surface area contributed by atoms with Gasteiger partial charge < -0.3 is 9.94 Å². The lowest BCUT2D eigenvalue weighted by Gasteiger charge is -2.12. The molecule has 21 heavy (non-hydrogen) atoms. The van der Waals surface area contributed by atoms with Crippen LogP contribution < -0.4 is 4.74 Å². The summed E-state index contributed by atoms with van der Waals surface area (Å²) in [6.07, 6.45) is 1.34. The van der Waals surface area contributed by atoms with Crippen molar-refractivity contribution in [3.8, 4) is 5.75 Å². The van der Waals surface area contributed by atoms with Gasteiger partial charge in [-0.1, -0.05) is 23.4 Å². The first-order valence-corrected chi connectivity index (χ1v) is 6.59. The van der Waals surface area contributed by atoms with Crippen LogP contribution in [-0.2, 0) is 0 Å². The number of hydrogen-bond donors (Lipinski definition) is 1. The Labute approximate surface area is 123 Å². The fourth-order valence-electron chi connectivity index (χ4n) is 2.24. The third kappa shape index (κ3) is 3.28. The number of esters is 1. The Morgan fingerprint density at radius 2 is 1.71 bits per heavy atom. The number of ether oxygens (including phenoxy) is 1. The minimum absolute atomic E-state index is 0.372. The van der Waals surface area contributed by atoms with Gasteiger partial charge in [-0.3, -0.25) is 0 Å². The summed E-state index contributed by atoms with van der Waals surface area (Å²) in [7, 11) is 0. The van der Waals surface area contributed by atoms with E-state index in [1.165, 1.54) is 6.21 Å². The fourth-order valence-corrected chi connectivity index (χ4v) is 2.24. The Morgan fingerprint density at radius 3 is 2.29 bits per heavy atom. The predicted molar refractivity (Wildman–Crippen MR) is 81.4 cm³/mol. The average Bonchev–Trinajstić information content (AvgIpc) is 2.43. The number of carbonyl (C=O) groups excluding carboxylic acids is 1. The van der Waals surface area contributed by atoms with E-state index in [-0.39, 0.29) is 5.97 Å². The summed E-state index contributed by atoms with van der Waals surface area (Å²) in [5.74, 6) is 0.168. The van der Waals surface area contributed by atoms with Gasteiger partial charge in [0.05, 0.1) is 11.8 Å². The van der Waals surface area contributed by atoms with Crippen molar-refractivity contribution in [1.82, 2.24) is 0 Å². The first-order valence-electron chi connectivity index (χ1n) is 6.59. The molecule has 0 saturated heterocycles. The van der Waals surface area contributed by atoms with Crippen LogP contribution in [0.25, 0.3) is 0 Å². The number of aryl methyl sites for hydroxylation is 3. The van der Waals surface area contributed by atoms with E-state index >= 15 is 0 Å². The van der Waals surface area contributed by atoms with E-state index in [2.05, 4.69) is 5.16 Å². The molecule has 0 spiro atoms. The monoisotopic (exact) mass is 283 g/mol. The molecule has 2 aromatic rings. The molecule has 2 rings (SSSR count). The molecule has 0 atom stereocenters. The first kappa shape index (κ1) is 14.8. The van der Waals surface area contributed by atoms with Crippen molar-refractivity contribution in [2.75, 3.05) is 0 Å². The van der Waals surface area contributed by atoms with Crippen molar-refractivity contribution in [1.29, 1.82) is 0 Å². The molecule has 2 aromatic carbocycles. The lowest BCUT2D eigenvalue weighted by Crippen LogP contribution is -2.12. The van der Waals surface area contributed by atoms with Crippen molar-refractivity contribution >= 4 is 12.2 Å². The highest BCUT2D eigenvalue weighted by atomic mass is 16.5. The van der Waals surface area contributed by atoms with Gasteiger partial charge in [-0.05, 0) is 61.2 Å². The van der Waals surface area contributed by atoms with Gasteiger partial charge in [-0.15, -0.1) is 0 Å². The summed E-state index contributed by atoms with van der Waals surface area (Å²) in [5.41, 5.74) is 3.81. The predicted octanol–water partition coefficient (Wildman–Crippen LogP) is 3.64. The summed E-state index contributed by atoms with van der Waals surface area (Å²) in [6.45, 7) is 5.57. The SMILES string of the molecule is Cc1ccccc1C(=O)Oc1c(C)cc(/C=N/O)cc1C. The van der Waals surface area contributed by atoms with Gasteiger partial charge in [0.15, 0.2) is 0 Å². The van der Waals surface area contributed by atoms with Crippen LogP contribution in [0, 0.1) is 20.8 Å². The molecular weight excluding hydrogens is 266 g/mol. The van der Waals surface area contributed by atoms with Gasteiger partial charge in [0.1, 0.15) is 5.75 Å². The molecule has 108 valence electrons. The lowest BCUT2D eigenvalue weighted by molar-refractivity contribution is 0.0731. The summed E-state index contributed by atoms with van der Waals surface area (Å²) < 4.78 is 5.53. The van der Waals surface area contributed by atoms with Crippen LogP contribution in [0.4, 0.5) is 0 Å². The zero-order chi connectivity index (χ0) is 15.4. The number of oxime groups is 1. The van der Waals surface area contributed by atoms with Crippen LogP contribution in [0.15, 0.2) is 41.6 Å². The molecule has 0 fully saturated rings. The topological polar surface area (TPSA) is 58.9 Å². The van der Waals surface area contributed by atoms with Crippen LogP contribution >= 0.6 is 0 Å². The van der Waals surface area contributed by atoms with Crippen LogP contribution in [0.5, 0.6) is 5.75 Å². The molecule has 0 aliphatic carbocycles. The van der Waals surface area contributed by atoms with E-state index in [1.54, 1.807) is 18.2 Å². The van der Waals surface area contributed by atoms with Gasteiger partial charge in [-0.25, -0.2) is 4.79 Å². The summed E-state index contributed by atoms with van der Waals surface area (Å²) in [5, 5.41) is 11.6. The van der Waals surface area contributed by atoms with Crippen molar-refractivity contribution in [2.45, 2.75) is 20.8 Å². The van der Waals surface area contributed by atoms with Crippen LogP contribution in [0.1, 0.15) is 32.6 Å². The molecule has 0 heterocycles. The van der Waals surface area contributed by atoms with Gasteiger partial charge in [0.2, 0.25) is 0 Å². The van der Waals surface area contributed by atoms with E-state index in [0.29, 0.717) is 11.3 Å². The minimum atomic E-state index is -0.372. The third-order valence-electron chi connectivity index (χ3n) is 3.25. The van der Waals surface area contributed by atoms with Gasteiger partial charge >= 0.3 is 5.97 Å². The van der Waals surface area contributed by atoms with Crippen molar-refractivity contribution in [2.24, 2.45) is 5.16 Å². The average molecular weight is 283 g/mol. The van der Waals surface area contributed by atoms with Gasteiger partial charge in [0.25, 0.3) is 0 Å². The normalized spacial score (nSPS) is 10.8. The molecule has 0 bridgehead atoms. The molecule has 0 aliphatic heterocycles. The molecule has 0 unspecified atom stereocenters. The lowest BCUT2D eigenvalue weighted by atomic mass is 10.1. The molecule has 4 heteroatoms. The number of hydrogen-bond acceptors (Lipinski definition) is 4. The number of nitrogens with zero attached hydrogens (tertiary/aromatic N) is 1. The minimum Gasteiger partial charge on any atom is -0.422 e. The molecule has 0 saturated carbocycles. The maximum absolute atomic E-state index is 12.3. The zero-order valence-electron chi connectivity index (χ0n) is 12.3. The Kier molecular flexibility index (Phi) is 4.38. The smallest absolute Gasteiger partial charge is 0.343 e. The maximum atomic E-state index is 12.3. The Morgan fingerprint density at radius 1 is 1.10 bits per heavy atom. The van der Waals surface area contributed by atoms with E-state index in [9.17, 15) is 4.79 Å². The largest absolute Gasteiger partial charge is 0.422 e. The second-order valence-electron chi connectivity index (χ2n) is 4.93. The van der Waals surface area contributed by atoms with Crippen LogP contribution in [0.3, 0.4) is 0 Å². The molecule has 1 N–H and O–H groups in total. The molecule has 0 aromatic heterocycles. The van der Waals surface area contributed by atoms with E-state index in [4.69, 9.17) is 9.94 Å². The highest BCUT2D eigenvalue weighted by Crippen LogP contribution is 2.25. The molecular formula is C17H17NO3. The quantitative estimate of drug-likeness (QED) is 0.307. The molecule has 0 aliphatic rings. The standard InChI is InChI=1S/C17H17NO3/c1-11-6-4-5-7-15(11)17(19)21-16-12(2)8-14(10-18-20)9-13(16)3/h4-10,20H,1-3H3/b18-10+. The number of benzene rings is 2. The summed E-state index contributed by atoms with van der Waals surface area (Å²) >= 11 is 0. The second kappa shape index (κ2) is 6.22. The van der Waals surface area contributed by atoms with E-state index in [1.807, 2.05) is 39.0 Å². The highest BCUT2D eigenvalue weighted by molar-refractivity contribution is 5.93. The summed E-state index contributed by atoms with van der Waals surface area (Å²) in [4.78, 5) is 12.3. The Hall–Kier alpha value is -2.62.